The van der Waals surface area contributed by atoms with Crippen molar-refractivity contribution in [3.8, 4) is 17.0 Å². The van der Waals surface area contributed by atoms with Crippen LogP contribution in [0.2, 0.25) is 0 Å². The number of fused-ring (bicyclic) bond motifs is 1. The lowest BCUT2D eigenvalue weighted by Gasteiger charge is -2.33. The Morgan fingerprint density at radius 1 is 1.21 bits per heavy atom. The molecule has 4 aromatic rings. The molecule has 1 unspecified atom stereocenters. The second kappa shape index (κ2) is 9.51. The number of rotatable bonds is 6. The van der Waals surface area contributed by atoms with Crippen LogP contribution in [0.4, 0.5) is 10.2 Å². The molecule has 174 valence electrons. The van der Waals surface area contributed by atoms with Gasteiger partial charge in [0, 0.05) is 37.6 Å². The van der Waals surface area contributed by atoms with Crippen LogP contribution >= 0.6 is 0 Å². The second-order valence-electron chi connectivity index (χ2n) is 8.47. The average Bonchev–Trinajstić information content (AvgIpc) is 3.33. The normalized spacial score (nSPS) is 15.9. The van der Waals surface area contributed by atoms with Gasteiger partial charge < -0.3 is 15.0 Å². The number of benzene rings is 2. The Morgan fingerprint density at radius 3 is 2.88 bits per heavy atom. The number of methoxy groups -OCH3 is 1. The van der Waals surface area contributed by atoms with E-state index in [1.807, 2.05) is 41.0 Å². The minimum Gasteiger partial charge on any atom is -0.497 e. The summed E-state index contributed by atoms with van der Waals surface area (Å²) in [5.41, 5.74) is 3.57. The van der Waals surface area contributed by atoms with Gasteiger partial charge in [0.2, 0.25) is 5.91 Å². The lowest BCUT2D eigenvalue weighted by Crippen LogP contribution is -2.43. The van der Waals surface area contributed by atoms with Crippen molar-refractivity contribution in [1.29, 1.82) is 0 Å². The summed E-state index contributed by atoms with van der Waals surface area (Å²) in [6, 6.07) is 16.0. The molecule has 7 nitrogen and oxygen atoms in total. The molecule has 1 saturated heterocycles. The number of ether oxygens (including phenoxy) is 1. The number of carbonyl (C=O) groups is 1. The molecule has 1 amide bonds. The zero-order valence-electron chi connectivity index (χ0n) is 18.9. The Labute approximate surface area is 197 Å². The number of nitrogens with one attached hydrogen (secondary N) is 1. The predicted molar refractivity (Wildman–Crippen MR) is 128 cm³/mol. The molecule has 0 saturated carbocycles. The molecular formula is C26H26FN5O2. The van der Waals surface area contributed by atoms with Crippen LogP contribution in [0.3, 0.4) is 0 Å². The van der Waals surface area contributed by atoms with Crippen LogP contribution in [0.25, 0.3) is 16.8 Å². The van der Waals surface area contributed by atoms with E-state index in [0.29, 0.717) is 13.1 Å². The Hall–Kier alpha value is -3.94. The van der Waals surface area contributed by atoms with Gasteiger partial charge in [0.15, 0.2) is 5.82 Å². The lowest BCUT2D eigenvalue weighted by molar-refractivity contribution is -0.125. The van der Waals surface area contributed by atoms with Gasteiger partial charge in [-0.2, -0.15) is 5.10 Å². The third-order valence-electron chi connectivity index (χ3n) is 6.21. The van der Waals surface area contributed by atoms with Crippen molar-refractivity contribution in [1.82, 2.24) is 19.9 Å². The minimum absolute atomic E-state index is 0.00607. The van der Waals surface area contributed by atoms with Crippen LogP contribution < -0.4 is 15.0 Å². The van der Waals surface area contributed by atoms with Gasteiger partial charge in [0.05, 0.1) is 18.7 Å². The molecule has 5 rings (SSSR count). The minimum atomic E-state index is -0.283. The van der Waals surface area contributed by atoms with E-state index < -0.39 is 0 Å². The molecule has 1 atom stereocenters. The van der Waals surface area contributed by atoms with Gasteiger partial charge in [-0.15, -0.1) is 0 Å². The van der Waals surface area contributed by atoms with E-state index in [-0.39, 0.29) is 17.6 Å². The molecule has 34 heavy (non-hydrogen) atoms. The number of piperidine rings is 1. The fraction of sp³-hybridized carbons (Fsp3) is 0.269. The van der Waals surface area contributed by atoms with Crippen LogP contribution in [0, 0.1) is 11.7 Å². The van der Waals surface area contributed by atoms with Gasteiger partial charge in [-0.3, -0.25) is 4.79 Å². The number of aromatic nitrogens is 3. The largest absolute Gasteiger partial charge is 0.497 e. The van der Waals surface area contributed by atoms with Gasteiger partial charge in [0.1, 0.15) is 17.1 Å². The van der Waals surface area contributed by atoms with E-state index >= 15 is 0 Å². The van der Waals surface area contributed by atoms with Crippen LogP contribution in [0.1, 0.15) is 18.4 Å². The molecule has 0 spiro atoms. The Kier molecular flexibility index (Phi) is 6.12. The maximum absolute atomic E-state index is 13.1. The summed E-state index contributed by atoms with van der Waals surface area (Å²) in [6.45, 7) is 1.80. The summed E-state index contributed by atoms with van der Waals surface area (Å²) in [5, 5.41) is 7.72. The first kappa shape index (κ1) is 21.9. The summed E-state index contributed by atoms with van der Waals surface area (Å²) in [6.07, 6.45) is 5.29. The number of nitrogens with zero attached hydrogens (tertiary/aromatic N) is 4. The van der Waals surface area contributed by atoms with Crippen molar-refractivity contribution >= 4 is 17.2 Å². The molecule has 0 bridgehead atoms. The van der Waals surface area contributed by atoms with Crippen molar-refractivity contribution in [2.45, 2.75) is 19.4 Å². The van der Waals surface area contributed by atoms with E-state index in [1.165, 1.54) is 12.1 Å². The molecule has 0 aliphatic carbocycles. The summed E-state index contributed by atoms with van der Waals surface area (Å²) in [5.74, 6) is 1.18. The third-order valence-corrected chi connectivity index (χ3v) is 6.21. The lowest BCUT2D eigenvalue weighted by atomic mass is 9.97. The Morgan fingerprint density at radius 2 is 2.06 bits per heavy atom. The Balaban J connectivity index is 1.33. The summed E-state index contributed by atoms with van der Waals surface area (Å²) in [7, 11) is 1.65. The predicted octanol–water partition coefficient (Wildman–Crippen LogP) is 4.08. The maximum Gasteiger partial charge on any atom is 0.225 e. The van der Waals surface area contributed by atoms with Crippen LogP contribution in [-0.4, -0.2) is 40.7 Å². The van der Waals surface area contributed by atoms with Crippen molar-refractivity contribution in [3.05, 3.63) is 78.4 Å². The first-order chi connectivity index (χ1) is 16.6. The SMILES string of the molecule is COc1cccc(-c2cc3c(N4CCCC(C(=O)NCc5ccc(F)cc5)C4)nccn3n2)c1. The first-order valence-corrected chi connectivity index (χ1v) is 11.4. The summed E-state index contributed by atoms with van der Waals surface area (Å²) < 4.78 is 20.3. The molecule has 1 fully saturated rings. The number of anilines is 1. The fourth-order valence-electron chi connectivity index (χ4n) is 4.39. The zero-order chi connectivity index (χ0) is 23.5. The molecule has 1 aliphatic heterocycles. The molecule has 3 heterocycles. The van der Waals surface area contributed by atoms with E-state index in [4.69, 9.17) is 9.84 Å². The highest BCUT2D eigenvalue weighted by Gasteiger charge is 2.27. The van der Waals surface area contributed by atoms with Crippen molar-refractivity contribution < 1.29 is 13.9 Å². The average molecular weight is 460 g/mol. The standard InChI is InChI=1S/C26H26FN5O2/c1-34-22-6-2-4-19(14-22)23-15-24-25(28-11-13-32(24)30-23)31-12-3-5-20(17-31)26(33)29-16-18-7-9-21(27)10-8-18/h2,4,6-11,13-15,20H,3,5,12,16-17H2,1H3,(H,29,33). The number of amides is 1. The molecule has 2 aromatic heterocycles. The monoisotopic (exact) mass is 459 g/mol. The van der Waals surface area contributed by atoms with Crippen LogP contribution in [0.5, 0.6) is 5.75 Å². The molecule has 1 N–H and O–H groups in total. The first-order valence-electron chi connectivity index (χ1n) is 11.4. The smallest absolute Gasteiger partial charge is 0.225 e. The summed E-state index contributed by atoms with van der Waals surface area (Å²) >= 11 is 0. The van der Waals surface area contributed by atoms with Crippen molar-refractivity contribution in [2.75, 3.05) is 25.1 Å². The van der Waals surface area contributed by atoms with Gasteiger partial charge in [-0.05, 0) is 48.7 Å². The van der Waals surface area contributed by atoms with E-state index in [1.54, 1.807) is 25.4 Å². The maximum atomic E-state index is 13.1. The molecular weight excluding hydrogens is 433 g/mol. The quantitative estimate of drug-likeness (QED) is 0.471. The topological polar surface area (TPSA) is 71.8 Å². The molecule has 2 aromatic carbocycles. The highest BCUT2D eigenvalue weighted by molar-refractivity contribution is 5.81. The van der Waals surface area contributed by atoms with Gasteiger partial charge in [-0.25, -0.2) is 13.9 Å². The van der Waals surface area contributed by atoms with E-state index in [9.17, 15) is 9.18 Å². The molecule has 1 aliphatic rings. The number of halogens is 1. The fourth-order valence-corrected chi connectivity index (χ4v) is 4.39. The van der Waals surface area contributed by atoms with Gasteiger partial charge in [-0.1, -0.05) is 24.3 Å². The second-order valence-corrected chi connectivity index (χ2v) is 8.47. The molecule has 8 heteroatoms. The van der Waals surface area contributed by atoms with Crippen molar-refractivity contribution in [3.63, 3.8) is 0 Å². The highest BCUT2D eigenvalue weighted by Crippen LogP contribution is 2.29. The summed E-state index contributed by atoms with van der Waals surface area (Å²) in [4.78, 5) is 19.7. The number of carbonyl (C=O) groups excluding carboxylic acids is 1. The number of hydrogen-bond acceptors (Lipinski definition) is 5. The Bertz CT molecular complexity index is 1300. The van der Waals surface area contributed by atoms with E-state index in [2.05, 4.69) is 15.2 Å². The number of hydrogen-bond donors (Lipinski definition) is 1. The van der Waals surface area contributed by atoms with E-state index in [0.717, 1.165) is 53.3 Å². The van der Waals surface area contributed by atoms with Crippen molar-refractivity contribution in [2.24, 2.45) is 5.92 Å². The van der Waals surface area contributed by atoms with Crippen LogP contribution in [0.15, 0.2) is 67.0 Å². The van der Waals surface area contributed by atoms with Gasteiger partial charge in [0.25, 0.3) is 0 Å². The van der Waals surface area contributed by atoms with Gasteiger partial charge >= 0.3 is 0 Å². The third kappa shape index (κ3) is 4.57. The zero-order valence-corrected chi connectivity index (χ0v) is 18.9. The highest BCUT2D eigenvalue weighted by atomic mass is 19.1. The van der Waals surface area contributed by atoms with Crippen LogP contribution in [-0.2, 0) is 11.3 Å². The molecule has 0 radical (unpaired) electrons.